The highest BCUT2D eigenvalue weighted by molar-refractivity contribution is 9.10. The van der Waals surface area contributed by atoms with Crippen LogP contribution in [0, 0.1) is 5.82 Å². The van der Waals surface area contributed by atoms with Gasteiger partial charge in [-0.3, -0.25) is 9.78 Å². The number of rotatable bonds is 3. The molecule has 0 aliphatic carbocycles. The molecule has 0 atom stereocenters. The van der Waals surface area contributed by atoms with Crippen LogP contribution in [-0.4, -0.2) is 16.1 Å². The first-order chi connectivity index (χ1) is 6.93. The fourth-order valence-electron chi connectivity index (χ4n) is 0.988. The van der Waals surface area contributed by atoms with Crippen LogP contribution in [0.5, 0.6) is 0 Å². The Labute approximate surface area is 91.1 Å². The third-order valence-electron chi connectivity index (χ3n) is 1.62. The average molecular weight is 284 g/mol. The number of carbonyl (C=O) groups is 1. The van der Waals surface area contributed by atoms with Gasteiger partial charge in [-0.05, 0) is 15.9 Å². The molecule has 0 unspecified atom stereocenters. The second-order valence-corrected chi connectivity index (χ2v) is 3.51. The highest BCUT2D eigenvalue weighted by Crippen LogP contribution is 2.30. The summed E-state index contributed by atoms with van der Waals surface area (Å²) in [6.07, 6.45) is -2.78. The number of aromatic nitrogens is 1. The third-order valence-corrected chi connectivity index (χ3v) is 2.25. The Kier molecular flexibility index (Phi) is 3.67. The van der Waals surface area contributed by atoms with Crippen LogP contribution in [0.25, 0.3) is 0 Å². The molecule has 0 bridgehead atoms. The number of hydrogen-bond donors (Lipinski definition) is 1. The fourth-order valence-corrected chi connectivity index (χ4v) is 1.44. The van der Waals surface area contributed by atoms with Crippen LogP contribution in [0.15, 0.2) is 10.7 Å². The molecule has 0 aliphatic rings. The number of halogens is 4. The van der Waals surface area contributed by atoms with Crippen molar-refractivity contribution in [3.8, 4) is 0 Å². The van der Waals surface area contributed by atoms with E-state index in [0.717, 1.165) is 6.20 Å². The minimum Gasteiger partial charge on any atom is -0.481 e. The Morgan fingerprint density at radius 3 is 2.67 bits per heavy atom. The highest BCUT2D eigenvalue weighted by Gasteiger charge is 2.22. The van der Waals surface area contributed by atoms with E-state index in [1.165, 1.54) is 0 Å². The highest BCUT2D eigenvalue weighted by atomic mass is 79.9. The molecule has 0 saturated carbocycles. The summed E-state index contributed by atoms with van der Waals surface area (Å²) < 4.78 is 37.9. The van der Waals surface area contributed by atoms with E-state index in [1.807, 2.05) is 0 Å². The molecule has 0 spiro atoms. The van der Waals surface area contributed by atoms with Crippen LogP contribution in [0.1, 0.15) is 17.7 Å². The molecular formula is C8H5BrF3NO2. The van der Waals surface area contributed by atoms with Gasteiger partial charge in [0.2, 0.25) is 0 Å². The zero-order chi connectivity index (χ0) is 11.6. The first kappa shape index (κ1) is 12.0. The quantitative estimate of drug-likeness (QED) is 0.928. The molecule has 15 heavy (non-hydrogen) atoms. The van der Waals surface area contributed by atoms with Crippen molar-refractivity contribution < 1.29 is 23.1 Å². The van der Waals surface area contributed by atoms with Crippen molar-refractivity contribution in [3.05, 3.63) is 27.7 Å². The number of hydrogen-bond acceptors (Lipinski definition) is 2. The van der Waals surface area contributed by atoms with Gasteiger partial charge in [-0.25, -0.2) is 13.2 Å². The normalized spacial score (nSPS) is 10.7. The lowest BCUT2D eigenvalue weighted by Gasteiger charge is -2.07. The first-order valence-corrected chi connectivity index (χ1v) is 4.55. The van der Waals surface area contributed by atoms with Crippen molar-refractivity contribution in [3.63, 3.8) is 0 Å². The number of carboxylic acids is 1. The molecule has 7 heteroatoms. The molecule has 0 aromatic carbocycles. The smallest absolute Gasteiger partial charge is 0.309 e. The summed E-state index contributed by atoms with van der Waals surface area (Å²) in [5.74, 6) is -2.61. The van der Waals surface area contributed by atoms with Crippen molar-refractivity contribution in [1.29, 1.82) is 0 Å². The summed E-state index contributed by atoms with van der Waals surface area (Å²) in [5.41, 5.74) is -1.36. The molecule has 1 heterocycles. The van der Waals surface area contributed by atoms with Gasteiger partial charge in [0.15, 0.2) is 5.82 Å². The van der Waals surface area contributed by atoms with Crippen molar-refractivity contribution in [2.24, 2.45) is 0 Å². The van der Waals surface area contributed by atoms with Crippen LogP contribution in [-0.2, 0) is 11.2 Å². The topological polar surface area (TPSA) is 50.2 Å². The van der Waals surface area contributed by atoms with Crippen LogP contribution in [0.2, 0.25) is 0 Å². The summed E-state index contributed by atoms with van der Waals surface area (Å²) in [6.45, 7) is 0. The molecule has 0 amide bonds. The maximum Gasteiger partial charge on any atom is 0.309 e. The summed E-state index contributed by atoms with van der Waals surface area (Å²) in [5, 5.41) is 8.38. The molecule has 0 aliphatic heterocycles. The van der Waals surface area contributed by atoms with E-state index in [-0.39, 0.29) is 4.47 Å². The number of pyridine rings is 1. The van der Waals surface area contributed by atoms with Gasteiger partial charge >= 0.3 is 5.97 Å². The van der Waals surface area contributed by atoms with Gasteiger partial charge in [-0.2, -0.15) is 0 Å². The SMILES string of the molecule is O=C(O)Cc1ncc(Br)c(C(F)F)c1F. The Balaban J connectivity index is 3.22. The average Bonchev–Trinajstić information content (AvgIpc) is 2.09. The summed E-state index contributed by atoms with van der Waals surface area (Å²) in [6, 6.07) is 0. The number of carboxylic acid groups (broad SMARTS) is 1. The van der Waals surface area contributed by atoms with E-state index in [1.54, 1.807) is 0 Å². The standard InChI is InChI=1S/C8H5BrF3NO2/c9-3-2-13-4(1-5(14)15)7(10)6(3)8(11)12/h2,8H,1H2,(H,14,15). The van der Waals surface area contributed by atoms with E-state index in [2.05, 4.69) is 20.9 Å². The van der Waals surface area contributed by atoms with E-state index >= 15 is 0 Å². The van der Waals surface area contributed by atoms with Gasteiger partial charge in [0.25, 0.3) is 6.43 Å². The summed E-state index contributed by atoms with van der Waals surface area (Å²) >= 11 is 2.72. The maximum absolute atomic E-state index is 13.3. The number of aliphatic carboxylic acids is 1. The van der Waals surface area contributed by atoms with Crippen LogP contribution < -0.4 is 0 Å². The third kappa shape index (κ3) is 2.68. The fraction of sp³-hybridized carbons (Fsp3) is 0.250. The Morgan fingerprint density at radius 1 is 1.60 bits per heavy atom. The number of nitrogens with zero attached hydrogens (tertiary/aromatic N) is 1. The second-order valence-electron chi connectivity index (χ2n) is 2.65. The van der Waals surface area contributed by atoms with Crippen LogP contribution in [0.4, 0.5) is 13.2 Å². The maximum atomic E-state index is 13.3. The first-order valence-electron chi connectivity index (χ1n) is 3.76. The molecule has 0 saturated heterocycles. The molecule has 1 aromatic rings. The monoisotopic (exact) mass is 283 g/mol. The van der Waals surface area contributed by atoms with Crippen LogP contribution >= 0.6 is 15.9 Å². The summed E-state index contributed by atoms with van der Waals surface area (Å²) in [7, 11) is 0. The Hall–Kier alpha value is -1.11. The molecule has 3 nitrogen and oxygen atoms in total. The van der Waals surface area contributed by atoms with Crippen molar-refractivity contribution in [2.75, 3.05) is 0 Å². The van der Waals surface area contributed by atoms with Gasteiger partial charge < -0.3 is 5.11 Å². The molecular weight excluding hydrogens is 279 g/mol. The van der Waals surface area contributed by atoms with E-state index in [0.29, 0.717) is 0 Å². The largest absolute Gasteiger partial charge is 0.481 e. The minimum absolute atomic E-state index is 0.177. The van der Waals surface area contributed by atoms with E-state index in [4.69, 9.17) is 5.11 Å². The zero-order valence-electron chi connectivity index (χ0n) is 7.18. The molecule has 0 radical (unpaired) electrons. The lowest BCUT2D eigenvalue weighted by Crippen LogP contribution is -2.08. The Morgan fingerprint density at radius 2 is 2.20 bits per heavy atom. The zero-order valence-corrected chi connectivity index (χ0v) is 8.76. The lowest BCUT2D eigenvalue weighted by molar-refractivity contribution is -0.136. The van der Waals surface area contributed by atoms with Gasteiger partial charge in [-0.15, -0.1) is 0 Å². The summed E-state index contributed by atoms with van der Waals surface area (Å²) in [4.78, 5) is 13.7. The molecule has 1 N–H and O–H groups in total. The Bertz CT molecular complexity index is 398. The van der Waals surface area contributed by atoms with Crippen molar-refractivity contribution in [2.45, 2.75) is 12.8 Å². The van der Waals surface area contributed by atoms with Gasteiger partial charge in [0, 0.05) is 10.7 Å². The molecule has 82 valence electrons. The second kappa shape index (κ2) is 4.61. The molecule has 0 fully saturated rings. The van der Waals surface area contributed by atoms with E-state index in [9.17, 15) is 18.0 Å². The predicted molar refractivity (Wildman–Crippen MR) is 48.2 cm³/mol. The molecule has 1 aromatic heterocycles. The lowest BCUT2D eigenvalue weighted by atomic mass is 10.2. The van der Waals surface area contributed by atoms with Gasteiger partial charge in [0.05, 0.1) is 17.7 Å². The van der Waals surface area contributed by atoms with Crippen molar-refractivity contribution >= 4 is 21.9 Å². The van der Waals surface area contributed by atoms with E-state index < -0.39 is 35.9 Å². The van der Waals surface area contributed by atoms with Crippen LogP contribution in [0.3, 0.4) is 0 Å². The minimum atomic E-state index is -3.02. The van der Waals surface area contributed by atoms with Gasteiger partial charge in [-0.1, -0.05) is 0 Å². The number of alkyl halides is 2. The van der Waals surface area contributed by atoms with Crippen molar-refractivity contribution in [1.82, 2.24) is 4.98 Å². The predicted octanol–water partition coefficient (Wildman–Crippen LogP) is 2.55. The van der Waals surface area contributed by atoms with Gasteiger partial charge in [0.1, 0.15) is 0 Å². The molecule has 1 rings (SSSR count).